The Balaban J connectivity index is 1.56. The molecule has 0 bridgehead atoms. The summed E-state index contributed by atoms with van der Waals surface area (Å²) in [5.74, 6) is 0.725. The molecule has 1 atom stereocenters. The number of hydrogen-bond donors (Lipinski definition) is 2. The Hall–Kier alpha value is -2.58. The minimum atomic E-state index is -0.281. The van der Waals surface area contributed by atoms with Crippen LogP contribution in [0.25, 0.3) is 0 Å². The summed E-state index contributed by atoms with van der Waals surface area (Å²) in [5.41, 5.74) is 1.68. The largest absolute Gasteiger partial charge is 0.497 e. The molecule has 0 aliphatic carbocycles. The summed E-state index contributed by atoms with van der Waals surface area (Å²) in [5, 5.41) is 14.7. The van der Waals surface area contributed by atoms with Crippen molar-refractivity contribution in [2.24, 2.45) is 0 Å². The van der Waals surface area contributed by atoms with Crippen LogP contribution in [-0.2, 0) is 4.79 Å². The van der Waals surface area contributed by atoms with Gasteiger partial charge < -0.3 is 15.4 Å². The van der Waals surface area contributed by atoms with Crippen LogP contribution in [0.2, 0.25) is 0 Å². The Kier molecular flexibility index (Phi) is 6.08. The van der Waals surface area contributed by atoms with Crippen LogP contribution in [0.15, 0.2) is 58.9 Å². The fourth-order valence-electron chi connectivity index (χ4n) is 2.08. The third kappa shape index (κ3) is 4.96. The van der Waals surface area contributed by atoms with Crippen LogP contribution < -0.4 is 15.4 Å². The molecule has 1 aromatic heterocycles. The number of rotatable bonds is 7. The average molecular weight is 387 g/mol. The quantitative estimate of drug-likeness (QED) is 0.586. The highest BCUT2D eigenvalue weighted by molar-refractivity contribution is 8.02. The van der Waals surface area contributed by atoms with Gasteiger partial charge in [0.1, 0.15) is 5.75 Å². The van der Waals surface area contributed by atoms with Crippen LogP contribution in [0, 0.1) is 0 Å². The number of ether oxygens (including phenoxy) is 1. The summed E-state index contributed by atoms with van der Waals surface area (Å²) in [6.07, 6.45) is 0. The van der Waals surface area contributed by atoms with E-state index in [1.165, 1.54) is 23.1 Å². The van der Waals surface area contributed by atoms with Crippen molar-refractivity contribution in [1.82, 2.24) is 10.2 Å². The van der Waals surface area contributed by atoms with E-state index in [1.54, 1.807) is 7.11 Å². The van der Waals surface area contributed by atoms with E-state index in [0.717, 1.165) is 21.5 Å². The molecule has 3 rings (SSSR count). The zero-order valence-corrected chi connectivity index (χ0v) is 15.9. The van der Waals surface area contributed by atoms with Gasteiger partial charge in [0, 0.05) is 11.4 Å². The van der Waals surface area contributed by atoms with Gasteiger partial charge in [0.05, 0.1) is 12.4 Å². The van der Waals surface area contributed by atoms with Gasteiger partial charge in [-0.15, -0.1) is 10.2 Å². The summed E-state index contributed by atoms with van der Waals surface area (Å²) in [7, 11) is 1.63. The molecule has 134 valence electrons. The monoisotopic (exact) mass is 386 g/mol. The first kappa shape index (κ1) is 18.2. The molecule has 0 fully saturated rings. The van der Waals surface area contributed by atoms with Crippen molar-refractivity contribution in [3.63, 3.8) is 0 Å². The lowest BCUT2D eigenvalue weighted by Gasteiger charge is -2.09. The summed E-state index contributed by atoms with van der Waals surface area (Å²) >= 11 is 2.79. The molecule has 2 N–H and O–H groups in total. The number of amides is 1. The summed E-state index contributed by atoms with van der Waals surface area (Å²) in [4.78, 5) is 12.3. The predicted molar refractivity (Wildman–Crippen MR) is 107 cm³/mol. The van der Waals surface area contributed by atoms with Crippen LogP contribution in [0.5, 0.6) is 5.75 Å². The maximum Gasteiger partial charge on any atom is 0.237 e. The third-order valence-electron chi connectivity index (χ3n) is 3.44. The smallest absolute Gasteiger partial charge is 0.237 e. The molecule has 1 heterocycles. The van der Waals surface area contributed by atoms with Crippen molar-refractivity contribution in [3.8, 4) is 5.75 Å². The van der Waals surface area contributed by atoms with E-state index in [2.05, 4.69) is 20.8 Å². The Morgan fingerprint density at radius 1 is 1.08 bits per heavy atom. The van der Waals surface area contributed by atoms with Crippen LogP contribution in [0.3, 0.4) is 0 Å². The van der Waals surface area contributed by atoms with E-state index in [9.17, 15) is 4.79 Å². The van der Waals surface area contributed by atoms with Crippen molar-refractivity contribution in [2.75, 3.05) is 17.7 Å². The average Bonchev–Trinajstić information content (AvgIpc) is 3.10. The zero-order chi connectivity index (χ0) is 18.4. The Bertz CT molecular complexity index is 853. The van der Waals surface area contributed by atoms with Gasteiger partial charge in [-0.1, -0.05) is 41.3 Å². The van der Waals surface area contributed by atoms with Gasteiger partial charge >= 0.3 is 0 Å². The van der Waals surface area contributed by atoms with Gasteiger partial charge in [0.25, 0.3) is 0 Å². The third-order valence-corrected chi connectivity index (χ3v) is 5.46. The molecule has 6 nitrogen and oxygen atoms in total. The molecule has 0 saturated carbocycles. The van der Waals surface area contributed by atoms with Crippen LogP contribution in [0.1, 0.15) is 6.92 Å². The van der Waals surface area contributed by atoms with Crippen LogP contribution in [0.4, 0.5) is 16.5 Å². The number of anilines is 3. The van der Waals surface area contributed by atoms with Gasteiger partial charge in [-0.3, -0.25) is 4.79 Å². The molecule has 2 aromatic carbocycles. The predicted octanol–water partition coefficient (Wildman–Crippen LogP) is 4.41. The number of carbonyl (C=O) groups is 1. The summed E-state index contributed by atoms with van der Waals surface area (Å²) in [6.45, 7) is 1.85. The maximum atomic E-state index is 12.3. The minimum absolute atomic E-state index is 0.0685. The number of nitrogens with zero attached hydrogens (tertiary/aromatic N) is 2. The lowest BCUT2D eigenvalue weighted by molar-refractivity contribution is -0.115. The van der Waals surface area contributed by atoms with Crippen molar-refractivity contribution < 1.29 is 9.53 Å². The van der Waals surface area contributed by atoms with E-state index >= 15 is 0 Å². The van der Waals surface area contributed by atoms with E-state index in [-0.39, 0.29) is 11.2 Å². The number of nitrogens with one attached hydrogen (secondary N) is 2. The Morgan fingerprint density at radius 3 is 2.50 bits per heavy atom. The molecule has 0 aliphatic rings. The molecule has 1 amide bonds. The molecule has 3 aromatic rings. The Morgan fingerprint density at radius 2 is 1.81 bits per heavy atom. The van der Waals surface area contributed by atoms with E-state index in [1.807, 2.05) is 61.5 Å². The second-order valence-electron chi connectivity index (χ2n) is 5.34. The number of aromatic nitrogens is 2. The minimum Gasteiger partial charge on any atom is -0.497 e. The molecule has 0 spiro atoms. The van der Waals surface area contributed by atoms with Gasteiger partial charge in [0.2, 0.25) is 11.0 Å². The highest BCUT2D eigenvalue weighted by Gasteiger charge is 2.17. The number of thioether (sulfide) groups is 1. The number of para-hydroxylation sites is 1. The van der Waals surface area contributed by atoms with Gasteiger partial charge in [-0.25, -0.2) is 0 Å². The van der Waals surface area contributed by atoms with E-state index in [0.29, 0.717) is 5.13 Å². The molecular weight excluding hydrogens is 368 g/mol. The Labute approximate surface area is 160 Å². The molecule has 8 heteroatoms. The number of benzene rings is 2. The lowest BCUT2D eigenvalue weighted by Crippen LogP contribution is -2.22. The number of methoxy groups -OCH3 is 1. The standard InChI is InChI=1S/C18H18N4O2S2/c1-12(16(23)19-13-6-4-3-5-7-13)25-18-22-21-17(26-18)20-14-8-10-15(24-2)11-9-14/h3-12H,1-2H3,(H,19,23)(H,20,21). The van der Waals surface area contributed by atoms with E-state index in [4.69, 9.17) is 4.74 Å². The van der Waals surface area contributed by atoms with Gasteiger partial charge in [0.15, 0.2) is 4.34 Å². The second-order valence-corrected chi connectivity index (χ2v) is 7.91. The fourth-order valence-corrected chi connectivity index (χ4v) is 3.99. The normalized spacial score (nSPS) is 11.6. The van der Waals surface area contributed by atoms with Crippen molar-refractivity contribution in [3.05, 3.63) is 54.6 Å². The van der Waals surface area contributed by atoms with E-state index < -0.39 is 0 Å². The number of hydrogen-bond acceptors (Lipinski definition) is 7. The molecule has 0 radical (unpaired) electrons. The molecule has 1 unspecified atom stereocenters. The SMILES string of the molecule is COc1ccc(Nc2nnc(SC(C)C(=O)Nc3ccccc3)s2)cc1. The maximum absolute atomic E-state index is 12.3. The first-order valence-electron chi connectivity index (χ1n) is 7.91. The summed E-state index contributed by atoms with van der Waals surface area (Å²) in [6, 6.07) is 16.9. The second kappa shape index (κ2) is 8.68. The molecule has 0 aliphatic heterocycles. The highest BCUT2D eigenvalue weighted by atomic mass is 32.2. The number of carbonyl (C=O) groups excluding carboxylic acids is 1. The highest BCUT2D eigenvalue weighted by Crippen LogP contribution is 2.31. The van der Waals surface area contributed by atoms with Gasteiger partial charge in [-0.05, 0) is 43.3 Å². The topological polar surface area (TPSA) is 76.1 Å². The van der Waals surface area contributed by atoms with Crippen molar-refractivity contribution in [2.45, 2.75) is 16.5 Å². The molecular formula is C18H18N4O2S2. The first-order valence-corrected chi connectivity index (χ1v) is 9.61. The van der Waals surface area contributed by atoms with Crippen LogP contribution >= 0.6 is 23.1 Å². The zero-order valence-electron chi connectivity index (χ0n) is 14.3. The fraction of sp³-hybridized carbons (Fsp3) is 0.167. The van der Waals surface area contributed by atoms with Crippen molar-refractivity contribution in [1.29, 1.82) is 0 Å². The van der Waals surface area contributed by atoms with Gasteiger partial charge in [-0.2, -0.15) is 0 Å². The summed E-state index contributed by atoms with van der Waals surface area (Å²) < 4.78 is 5.87. The first-order chi connectivity index (χ1) is 12.6. The van der Waals surface area contributed by atoms with Crippen molar-refractivity contribution >= 4 is 45.5 Å². The molecule has 26 heavy (non-hydrogen) atoms. The lowest BCUT2D eigenvalue weighted by atomic mass is 10.3. The van der Waals surface area contributed by atoms with Crippen LogP contribution in [-0.4, -0.2) is 28.5 Å². The molecule has 0 saturated heterocycles.